The van der Waals surface area contributed by atoms with Gasteiger partial charge < -0.3 is 4.90 Å². The van der Waals surface area contributed by atoms with Gasteiger partial charge in [0.05, 0.1) is 15.6 Å². The van der Waals surface area contributed by atoms with Crippen LogP contribution in [0.4, 0.5) is 11.6 Å². The number of hydrogen-bond acceptors (Lipinski definition) is 6. The molecule has 1 aromatic heterocycles. The van der Waals surface area contributed by atoms with Crippen molar-refractivity contribution in [3.63, 3.8) is 0 Å². The van der Waals surface area contributed by atoms with E-state index in [2.05, 4.69) is 17.0 Å². The lowest BCUT2D eigenvalue weighted by molar-refractivity contribution is 0.0986. The van der Waals surface area contributed by atoms with E-state index in [4.69, 9.17) is 9.97 Å². The average molecular weight is 423 g/mol. The van der Waals surface area contributed by atoms with Crippen LogP contribution in [0, 0.1) is 0 Å². The van der Waals surface area contributed by atoms with Crippen LogP contribution < -0.4 is 9.80 Å². The van der Waals surface area contributed by atoms with Crippen molar-refractivity contribution >= 4 is 52.1 Å². The number of fused-ring (bicyclic) bond motifs is 2. The summed E-state index contributed by atoms with van der Waals surface area (Å²) in [6.07, 6.45) is 1.28. The Morgan fingerprint density at radius 1 is 0.931 bits per heavy atom. The Bertz CT molecular complexity index is 1050. The Balaban J connectivity index is 1.46. The van der Waals surface area contributed by atoms with E-state index in [1.54, 1.807) is 4.90 Å². The van der Waals surface area contributed by atoms with Crippen LogP contribution >= 0.6 is 23.5 Å². The molecule has 3 aromatic rings. The Hall–Kier alpha value is -2.25. The number of thioether (sulfide) groups is 2. The molecule has 5 rings (SSSR count). The van der Waals surface area contributed by atoms with Gasteiger partial charge in [-0.25, -0.2) is 9.97 Å². The summed E-state index contributed by atoms with van der Waals surface area (Å²) >= 11 is 3.99. The van der Waals surface area contributed by atoms with Gasteiger partial charge in [-0.05, 0) is 47.8 Å². The highest BCUT2D eigenvalue weighted by molar-refractivity contribution is 8.16. The molecule has 0 bridgehead atoms. The second kappa shape index (κ2) is 7.88. The molecule has 2 aliphatic heterocycles. The lowest BCUT2D eigenvalue weighted by Gasteiger charge is -2.33. The number of aromatic nitrogens is 2. The molecule has 0 unspecified atom stereocenters. The Labute approximate surface area is 178 Å². The van der Waals surface area contributed by atoms with Crippen LogP contribution in [0.15, 0.2) is 48.5 Å². The lowest BCUT2D eigenvalue weighted by Crippen LogP contribution is -2.43. The third-order valence-corrected chi connectivity index (χ3v) is 8.33. The maximum Gasteiger partial charge on any atom is 0.259 e. The van der Waals surface area contributed by atoms with Gasteiger partial charge in [0, 0.05) is 25.7 Å². The average Bonchev–Trinajstić information content (AvgIpc) is 2.79. The number of benzene rings is 2. The van der Waals surface area contributed by atoms with Crippen molar-refractivity contribution in [1.82, 2.24) is 9.97 Å². The molecule has 1 saturated heterocycles. The quantitative estimate of drug-likeness (QED) is 0.602. The Morgan fingerprint density at radius 2 is 1.59 bits per heavy atom. The largest absolute Gasteiger partial charge is 0.355 e. The molecular formula is C22H22N4OS2. The highest BCUT2D eigenvalue weighted by Crippen LogP contribution is 2.43. The molecule has 1 fully saturated rings. The van der Waals surface area contributed by atoms with E-state index in [0.29, 0.717) is 22.5 Å². The monoisotopic (exact) mass is 422 g/mol. The van der Waals surface area contributed by atoms with Crippen molar-refractivity contribution in [2.24, 2.45) is 0 Å². The van der Waals surface area contributed by atoms with E-state index >= 15 is 0 Å². The van der Waals surface area contributed by atoms with Crippen molar-refractivity contribution < 1.29 is 4.79 Å². The second-order valence-electron chi connectivity index (χ2n) is 7.29. The number of para-hydroxylation sites is 2. The van der Waals surface area contributed by atoms with Crippen molar-refractivity contribution in [3.8, 4) is 0 Å². The van der Waals surface area contributed by atoms with Gasteiger partial charge in [-0.2, -0.15) is 0 Å². The Kier molecular flexibility index (Phi) is 5.09. The predicted molar refractivity (Wildman–Crippen MR) is 123 cm³/mol. The summed E-state index contributed by atoms with van der Waals surface area (Å²) in [5.41, 5.74) is 3.64. The van der Waals surface area contributed by atoms with E-state index in [0.717, 1.165) is 23.4 Å². The zero-order valence-electron chi connectivity index (χ0n) is 16.2. The highest BCUT2D eigenvalue weighted by atomic mass is 32.2. The molecule has 29 heavy (non-hydrogen) atoms. The zero-order chi connectivity index (χ0) is 19.8. The molecule has 5 nitrogen and oxygen atoms in total. The summed E-state index contributed by atoms with van der Waals surface area (Å²) in [4.78, 5) is 26.7. The minimum absolute atomic E-state index is 0.0144. The topological polar surface area (TPSA) is 49.3 Å². The third kappa shape index (κ3) is 3.57. The second-order valence-corrected chi connectivity index (χ2v) is 10.0. The third-order valence-electron chi connectivity index (χ3n) is 5.31. The molecule has 3 heterocycles. The number of hydrogen-bond donors (Lipinski definition) is 0. The number of carbonyl (C=O) groups excluding carboxylic acids is 1. The molecular weight excluding hydrogens is 400 g/mol. The molecule has 7 heteroatoms. The van der Waals surface area contributed by atoms with E-state index in [1.165, 1.54) is 23.5 Å². The number of rotatable bonds is 2. The summed E-state index contributed by atoms with van der Waals surface area (Å²) in [7, 11) is 2.00. The normalized spacial score (nSPS) is 17.4. The molecule has 0 radical (unpaired) electrons. The van der Waals surface area contributed by atoms with Gasteiger partial charge in [0.25, 0.3) is 5.91 Å². The van der Waals surface area contributed by atoms with Crippen LogP contribution in [0.2, 0.25) is 0 Å². The Morgan fingerprint density at radius 3 is 2.28 bits per heavy atom. The SMILES string of the molecule is CN1CCN(C(=O)c2ccc(C3SCCCS3)cc2)c2nc3ccccc3nc21. The van der Waals surface area contributed by atoms with Crippen molar-refractivity contribution in [1.29, 1.82) is 0 Å². The molecule has 148 valence electrons. The van der Waals surface area contributed by atoms with Gasteiger partial charge in [-0.15, -0.1) is 23.5 Å². The number of likely N-dealkylation sites (N-methyl/N-ethyl adjacent to an activating group) is 1. The maximum absolute atomic E-state index is 13.3. The molecule has 0 atom stereocenters. The first-order valence-corrected chi connectivity index (χ1v) is 11.9. The molecule has 1 amide bonds. The van der Waals surface area contributed by atoms with Gasteiger partial charge in [-0.3, -0.25) is 9.69 Å². The van der Waals surface area contributed by atoms with Crippen LogP contribution in [0.1, 0.15) is 26.9 Å². The van der Waals surface area contributed by atoms with E-state index < -0.39 is 0 Å². The summed E-state index contributed by atoms with van der Waals surface area (Å²) < 4.78 is 0.481. The van der Waals surface area contributed by atoms with Crippen LogP contribution in [0.25, 0.3) is 11.0 Å². The fraction of sp³-hybridized carbons (Fsp3) is 0.318. The maximum atomic E-state index is 13.3. The van der Waals surface area contributed by atoms with Crippen LogP contribution in [0.5, 0.6) is 0 Å². The van der Waals surface area contributed by atoms with Gasteiger partial charge >= 0.3 is 0 Å². The first-order chi connectivity index (χ1) is 14.2. The van der Waals surface area contributed by atoms with Gasteiger partial charge in [0.1, 0.15) is 0 Å². The zero-order valence-corrected chi connectivity index (χ0v) is 17.9. The smallest absolute Gasteiger partial charge is 0.259 e. The van der Waals surface area contributed by atoms with Gasteiger partial charge in [0.15, 0.2) is 11.6 Å². The van der Waals surface area contributed by atoms with E-state index in [1.807, 2.05) is 67.0 Å². The van der Waals surface area contributed by atoms with Gasteiger partial charge in [-0.1, -0.05) is 24.3 Å². The number of amides is 1. The van der Waals surface area contributed by atoms with E-state index in [9.17, 15) is 4.79 Å². The predicted octanol–water partition coefficient (Wildman–Crippen LogP) is 4.60. The molecule has 2 aliphatic rings. The first kappa shape index (κ1) is 18.8. The van der Waals surface area contributed by atoms with Crippen molar-refractivity contribution in [2.75, 3.05) is 41.4 Å². The molecule has 2 aromatic carbocycles. The lowest BCUT2D eigenvalue weighted by atomic mass is 10.1. The van der Waals surface area contributed by atoms with Crippen LogP contribution in [-0.4, -0.2) is 47.5 Å². The number of anilines is 2. The molecule has 0 saturated carbocycles. The first-order valence-electron chi connectivity index (χ1n) is 9.84. The fourth-order valence-electron chi connectivity index (χ4n) is 3.70. The standard InChI is InChI=1S/C22H22N4OS2/c1-25-11-12-26(20-19(25)23-17-5-2-3-6-18(17)24-20)21(27)15-7-9-16(10-8-15)22-28-13-4-14-29-22/h2-3,5-10,22H,4,11-14H2,1H3. The summed E-state index contributed by atoms with van der Waals surface area (Å²) in [5, 5.41) is 0. The van der Waals surface area contributed by atoms with E-state index in [-0.39, 0.29) is 5.91 Å². The molecule has 0 aliphatic carbocycles. The molecule has 0 N–H and O–H groups in total. The number of nitrogens with zero attached hydrogens (tertiary/aromatic N) is 4. The van der Waals surface area contributed by atoms with Crippen molar-refractivity contribution in [3.05, 3.63) is 59.7 Å². The van der Waals surface area contributed by atoms with Crippen LogP contribution in [-0.2, 0) is 0 Å². The van der Waals surface area contributed by atoms with Crippen LogP contribution in [0.3, 0.4) is 0 Å². The van der Waals surface area contributed by atoms with Gasteiger partial charge in [0.2, 0.25) is 0 Å². The highest BCUT2D eigenvalue weighted by Gasteiger charge is 2.29. The fourth-order valence-corrected chi connectivity index (χ4v) is 6.59. The van der Waals surface area contributed by atoms with Crippen molar-refractivity contribution in [2.45, 2.75) is 11.0 Å². The summed E-state index contributed by atoms with van der Waals surface area (Å²) in [6.45, 7) is 1.34. The summed E-state index contributed by atoms with van der Waals surface area (Å²) in [6, 6.07) is 15.9. The number of carbonyl (C=O) groups is 1. The summed E-state index contributed by atoms with van der Waals surface area (Å²) in [5.74, 6) is 3.81. The minimum atomic E-state index is -0.0144. The molecule has 0 spiro atoms. The minimum Gasteiger partial charge on any atom is -0.355 e.